The van der Waals surface area contributed by atoms with E-state index in [0.29, 0.717) is 33.9 Å². The number of nitrogens with zero attached hydrogens (tertiary/aromatic N) is 4. The molecule has 0 aliphatic carbocycles. The van der Waals surface area contributed by atoms with Gasteiger partial charge in [0.1, 0.15) is 16.4 Å². The van der Waals surface area contributed by atoms with Gasteiger partial charge in [0, 0.05) is 29.7 Å². The summed E-state index contributed by atoms with van der Waals surface area (Å²) < 4.78 is 7.00. The van der Waals surface area contributed by atoms with Crippen molar-refractivity contribution in [1.82, 2.24) is 19.5 Å². The largest absolute Gasteiger partial charge is 0.466 e. The van der Waals surface area contributed by atoms with Crippen LogP contribution in [0.1, 0.15) is 36.5 Å². The van der Waals surface area contributed by atoms with Gasteiger partial charge >= 0.3 is 0 Å². The minimum atomic E-state index is -2.19. The molecular weight excluding hydrogens is 479 g/mol. The van der Waals surface area contributed by atoms with Crippen molar-refractivity contribution in [2.24, 2.45) is 0 Å². The highest BCUT2D eigenvalue weighted by molar-refractivity contribution is 6.32. The van der Waals surface area contributed by atoms with Crippen LogP contribution in [-0.4, -0.2) is 37.6 Å². The van der Waals surface area contributed by atoms with Gasteiger partial charge in [0.2, 0.25) is 0 Å². The number of aryl methyl sites for hydroxylation is 2. The third-order valence-corrected chi connectivity index (χ3v) is 5.88. The highest BCUT2D eigenvalue weighted by Gasteiger charge is 2.27. The predicted molar refractivity (Wildman–Crippen MR) is 137 cm³/mol. The van der Waals surface area contributed by atoms with Gasteiger partial charge in [-0.15, -0.1) is 0 Å². The second-order valence-corrected chi connectivity index (χ2v) is 9.33. The third kappa shape index (κ3) is 5.04. The fraction of sp³-hybridized carbons (Fsp3) is 0.231. The number of hydrogen-bond donors (Lipinski definition) is 2. The van der Waals surface area contributed by atoms with E-state index in [9.17, 15) is 15.0 Å². The highest BCUT2D eigenvalue weighted by Crippen LogP contribution is 2.30. The molecular formula is C26H24BClN4O4. The lowest BCUT2D eigenvalue weighted by atomic mass is 9.87. The molecule has 8 nitrogen and oxygen atoms in total. The molecule has 0 fully saturated rings. The SMILES string of the molecule is [B]C(O)(Oc1cc(C)n(-c2cc(-c3ccnc(C(C)(C)O)n3)ncc2C)c(=O)c1Cl)c1ccccc1. The van der Waals surface area contributed by atoms with Gasteiger partial charge in [0.05, 0.1) is 17.1 Å². The van der Waals surface area contributed by atoms with Crippen LogP contribution in [0.15, 0.2) is 65.7 Å². The van der Waals surface area contributed by atoms with Gasteiger partial charge in [0.25, 0.3) is 5.56 Å². The number of aliphatic hydroxyl groups is 2. The number of halogens is 1. The molecule has 0 spiro atoms. The van der Waals surface area contributed by atoms with E-state index in [1.807, 2.05) is 6.92 Å². The lowest BCUT2D eigenvalue weighted by Crippen LogP contribution is -2.34. The summed E-state index contributed by atoms with van der Waals surface area (Å²) in [6, 6.07) is 13.3. The van der Waals surface area contributed by atoms with Crippen LogP contribution in [0.4, 0.5) is 0 Å². The van der Waals surface area contributed by atoms with Gasteiger partial charge in [-0.1, -0.05) is 41.9 Å². The molecule has 0 bridgehead atoms. The molecule has 0 aliphatic rings. The summed E-state index contributed by atoms with van der Waals surface area (Å²) >= 11 is 6.40. The van der Waals surface area contributed by atoms with Crippen LogP contribution < -0.4 is 10.3 Å². The molecule has 1 aromatic carbocycles. The molecule has 0 amide bonds. The van der Waals surface area contributed by atoms with E-state index in [2.05, 4.69) is 15.0 Å². The maximum absolute atomic E-state index is 13.4. The smallest absolute Gasteiger partial charge is 0.277 e. The Morgan fingerprint density at radius 1 is 1.03 bits per heavy atom. The first-order valence-electron chi connectivity index (χ1n) is 11.1. The molecule has 1 atom stereocenters. The molecule has 2 N–H and O–H groups in total. The first kappa shape index (κ1) is 25.6. The summed E-state index contributed by atoms with van der Waals surface area (Å²) in [4.78, 5) is 26.4. The highest BCUT2D eigenvalue weighted by atomic mass is 35.5. The molecule has 182 valence electrons. The molecule has 4 aromatic rings. The van der Waals surface area contributed by atoms with Crippen LogP contribution in [0.25, 0.3) is 17.1 Å². The molecule has 0 aliphatic heterocycles. The number of ether oxygens (including phenoxy) is 1. The summed E-state index contributed by atoms with van der Waals surface area (Å²) in [6.07, 6.45) is 3.16. The van der Waals surface area contributed by atoms with Gasteiger partial charge in [0.15, 0.2) is 19.4 Å². The molecule has 2 radical (unpaired) electrons. The van der Waals surface area contributed by atoms with Crippen molar-refractivity contribution in [2.75, 3.05) is 0 Å². The number of pyridine rings is 2. The maximum Gasteiger partial charge on any atom is 0.277 e. The average molecular weight is 503 g/mol. The van der Waals surface area contributed by atoms with Crippen molar-refractivity contribution < 1.29 is 14.9 Å². The summed E-state index contributed by atoms with van der Waals surface area (Å²) in [5, 5.41) is 20.7. The van der Waals surface area contributed by atoms with Gasteiger partial charge in [-0.25, -0.2) is 9.97 Å². The van der Waals surface area contributed by atoms with E-state index in [1.54, 1.807) is 69.4 Å². The zero-order valence-corrected chi connectivity index (χ0v) is 21.0. The standard InChI is InChI=1S/C26H24BClN4O4/c1-15-14-30-19(18-10-11-29-24(31-18)25(3,4)34)13-20(15)32-16(2)12-21(22(28)23(32)33)36-26(27,35)17-8-6-5-7-9-17/h5-14,34-35H,1-4H3. The fourth-order valence-electron chi connectivity index (χ4n) is 3.65. The predicted octanol–water partition coefficient (Wildman–Crippen LogP) is 3.54. The molecule has 0 saturated carbocycles. The van der Waals surface area contributed by atoms with Crippen LogP contribution in [0, 0.1) is 13.8 Å². The van der Waals surface area contributed by atoms with Crippen molar-refractivity contribution in [1.29, 1.82) is 0 Å². The summed E-state index contributed by atoms with van der Waals surface area (Å²) in [6.45, 7) is 6.70. The van der Waals surface area contributed by atoms with E-state index >= 15 is 0 Å². The molecule has 1 unspecified atom stereocenters. The first-order chi connectivity index (χ1) is 16.9. The Morgan fingerprint density at radius 2 is 1.72 bits per heavy atom. The Hall–Kier alpha value is -3.53. The van der Waals surface area contributed by atoms with Crippen LogP contribution in [0.3, 0.4) is 0 Å². The molecule has 3 aromatic heterocycles. The average Bonchev–Trinajstić information content (AvgIpc) is 2.83. The van der Waals surface area contributed by atoms with Crippen molar-refractivity contribution in [2.45, 2.75) is 39.0 Å². The second-order valence-electron chi connectivity index (χ2n) is 8.95. The minimum Gasteiger partial charge on any atom is -0.466 e. The van der Waals surface area contributed by atoms with Gasteiger partial charge in [-0.3, -0.25) is 14.3 Å². The molecule has 4 rings (SSSR count). The van der Waals surface area contributed by atoms with E-state index in [-0.39, 0.29) is 16.6 Å². The Bertz CT molecular complexity index is 1480. The van der Waals surface area contributed by atoms with E-state index in [4.69, 9.17) is 24.2 Å². The molecule has 3 heterocycles. The van der Waals surface area contributed by atoms with E-state index in [0.717, 1.165) is 0 Å². The topological polar surface area (TPSA) is 110 Å². The minimum absolute atomic E-state index is 0.0539. The zero-order valence-electron chi connectivity index (χ0n) is 20.2. The second kappa shape index (κ2) is 9.50. The lowest BCUT2D eigenvalue weighted by Gasteiger charge is -2.27. The Labute approximate surface area is 214 Å². The lowest BCUT2D eigenvalue weighted by molar-refractivity contribution is -0.0675. The quantitative estimate of drug-likeness (QED) is 0.306. The van der Waals surface area contributed by atoms with Gasteiger partial charge in [-0.2, -0.15) is 0 Å². The van der Waals surface area contributed by atoms with Crippen molar-refractivity contribution >= 4 is 19.4 Å². The molecule has 36 heavy (non-hydrogen) atoms. The maximum atomic E-state index is 13.4. The normalized spacial score (nSPS) is 13.3. The van der Waals surface area contributed by atoms with Crippen LogP contribution in [-0.2, 0) is 11.3 Å². The Kier molecular flexibility index (Phi) is 6.75. The van der Waals surface area contributed by atoms with Crippen molar-refractivity contribution in [3.8, 4) is 22.8 Å². The van der Waals surface area contributed by atoms with Crippen molar-refractivity contribution in [3.63, 3.8) is 0 Å². The first-order valence-corrected chi connectivity index (χ1v) is 11.5. The number of hydrogen-bond acceptors (Lipinski definition) is 7. The van der Waals surface area contributed by atoms with Crippen LogP contribution >= 0.6 is 11.6 Å². The number of benzene rings is 1. The zero-order chi connectivity index (χ0) is 26.3. The number of rotatable bonds is 6. The Balaban J connectivity index is 1.78. The summed E-state index contributed by atoms with van der Waals surface area (Å²) in [5.74, 6) is 0.191. The third-order valence-electron chi connectivity index (χ3n) is 5.53. The van der Waals surface area contributed by atoms with Crippen molar-refractivity contribution in [3.05, 3.63) is 98.9 Å². The molecule has 0 saturated heterocycles. The fourth-order valence-corrected chi connectivity index (χ4v) is 3.83. The monoisotopic (exact) mass is 502 g/mol. The van der Waals surface area contributed by atoms with Crippen LogP contribution in [0.2, 0.25) is 5.02 Å². The number of aromatic nitrogens is 4. The Morgan fingerprint density at radius 3 is 2.39 bits per heavy atom. The van der Waals surface area contributed by atoms with Gasteiger partial charge < -0.3 is 14.9 Å². The van der Waals surface area contributed by atoms with E-state index in [1.165, 1.54) is 16.8 Å². The van der Waals surface area contributed by atoms with Crippen LogP contribution in [0.5, 0.6) is 5.75 Å². The summed E-state index contributed by atoms with van der Waals surface area (Å²) in [7, 11) is 5.97. The molecule has 10 heteroatoms. The van der Waals surface area contributed by atoms with Gasteiger partial charge in [-0.05, 0) is 45.4 Å². The van der Waals surface area contributed by atoms with E-state index < -0.39 is 16.8 Å². The summed E-state index contributed by atoms with van der Waals surface area (Å²) in [5.41, 5.74) is -0.989.